The Kier molecular flexibility index (Phi) is 32.5. The summed E-state index contributed by atoms with van der Waals surface area (Å²) >= 11 is 0. The minimum atomic E-state index is -4.50. The summed E-state index contributed by atoms with van der Waals surface area (Å²) < 4.78 is 33.1. The minimum absolute atomic E-state index is 0.0503. The summed E-state index contributed by atoms with van der Waals surface area (Å²) in [6.07, 6.45) is 28.8. The number of allylic oxidation sites excluding steroid dienone is 2. The summed E-state index contributed by atoms with van der Waals surface area (Å²) in [5.41, 5.74) is 0. The maximum absolute atomic E-state index is 12.5. The van der Waals surface area contributed by atoms with Crippen LogP contribution in [0.15, 0.2) is 12.2 Å². The normalized spacial score (nSPS) is 14.5. The van der Waals surface area contributed by atoms with E-state index in [9.17, 15) is 19.4 Å². The molecule has 0 aromatic carbocycles. The predicted octanol–water partition coefficient (Wildman–Crippen LogP) is 8.97. The van der Waals surface area contributed by atoms with Crippen LogP contribution in [0.25, 0.3) is 0 Å². The number of rotatable bonds is 35. The highest BCUT2D eigenvalue weighted by molar-refractivity contribution is 7.47. The zero-order valence-corrected chi connectivity index (χ0v) is 29.7. The van der Waals surface area contributed by atoms with Crippen molar-refractivity contribution >= 4 is 13.8 Å². The van der Waals surface area contributed by atoms with Crippen molar-refractivity contribution in [2.45, 2.75) is 174 Å². The zero-order chi connectivity index (χ0) is 33.3. The van der Waals surface area contributed by atoms with Gasteiger partial charge in [-0.05, 0) is 38.5 Å². The molecule has 0 bridgehead atoms. The lowest BCUT2D eigenvalue weighted by Crippen LogP contribution is -2.29. The van der Waals surface area contributed by atoms with Crippen LogP contribution in [0.3, 0.4) is 0 Å². The van der Waals surface area contributed by atoms with Crippen LogP contribution in [0.4, 0.5) is 0 Å². The molecule has 0 fully saturated rings. The number of hydrogen-bond donors (Lipinski definition) is 3. The van der Waals surface area contributed by atoms with Crippen LogP contribution >= 0.6 is 7.82 Å². The molecule has 0 aliphatic heterocycles. The predicted molar refractivity (Wildman–Crippen MR) is 182 cm³/mol. The Morgan fingerprint density at radius 3 is 1.67 bits per heavy atom. The van der Waals surface area contributed by atoms with Gasteiger partial charge in [-0.25, -0.2) is 4.57 Å². The topological polar surface area (TPSA) is 132 Å². The Hall–Kier alpha value is -0.800. The third-order valence-corrected chi connectivity index (χ3v) is 8.65. The van der Waals surface area contributed by atoms with Crippen molar-refractivity contribution in [3.05, 3.63) is 12.2 Å². The molecular formula is C35H69O9P. The van der Waals surface area contributed by atoms with Gasteiger partial charge in [0.25, 0.3) is 0 Å². The second-order valence-corrected chi connectivity index (χ2v) is 13.7. The molecule has 0 saturated carbocycles. The fourth-order valence-corrected chi connectivity index (χ4v) is 5.67. The molecule has 9 nitrogen and oxygen atoms in total. The van der Waals surface area contributed by atoms with E-state index in [1.807, 2.05) is 0 Å². The third kappa shape index (κ3) is 32.9. The molecule has 0 saturated heterocycles. The number of unbranched alkanes of at least 4 members (excludes halogenated alkanes) is 19. The number of esters is 1. The average Bonchev–Trinajstić information content (AvgIpc) is 3.03. The SMILES string of the molecule is CCCCCCC/C=C\CCCCCCCC(=O)OC(COCCCCCCCCCCCC)COP(=O)(O)OCC(O)CO. The number of carbonyl (C=O) groups is 1. The number of phosphoric acid groups is 1. The number of aliphatic hydroxyl groups is 2. The molecule has 0 amide bonds. The van der Waals surface area contributed by atoms with Gasteiger partial charge in [0, 0.05) is 13.0 Å². The Labute approximate surface area is 275 Å². The maximum atomic E-state index is 12.5. The van der Waals surface area contributed by atoms with Crippen molar-refractivity contribution in [1.82, 2.24) is 0 Å². The lowest BCUT2D eigenvalue weighted by molar-refractivity contribution is -0.154. The van der Waals surface area contributed by atoms with Crippen LogP contribution in [0.1, 0.15) is 162 Å². The number of ether oxygens (including phenoxy) is 2. The first kappa shape index (κ1) is 44.2. The molecule has 3 atom stereocenters. The molecule has 45 heavy (non-hydrogen) atoms. The Morgan fingerprint density at radius 1 is 0.667 bits per heavy atom. The van der Waals surface area contributed by atoms with Gasteiger partial charge in [0.05, 0.1) is 26.4 Å². The standard InChI is InChI=1S/C35H69O9P/c1-3-5-7-9-11-13-15-16-17-18-19-21-23-25-27-35(38)44-34(32-43-45(39,40)42-30-33(37)29-36)31-41-28-26-24-22-20-14-12-10-8-6-4-2/h15-16,33-34,36-37H,3-14,17-32H2,1-2H3,(H,39,40)/b16-15-. The number of carbonyl (C=O) groups excluding carboxylic acids is 1. The van der Waals surface area contributed by atoms with E-state index in [1.54, 1.807) is 0 Å². The van der Waals surface area contributed by atoms with Crippen LogP contribution in [-0.2, 0) is 27.9 Å². The van der Waals surface area contributed by atoms with E-state index >= 15 is 0 Å². The van der Waals surface area contributed by atoms with Gasteiger partial charge >= 0.3 is 13.8 Å². The third-order valence-electron chi connectivity index (χ3n) is 7.70. The van der Waals surface area contributed by atoms with E-state index in [0.29, 0.717) is 6.61 Å². The van der Waals surface area contributed by atoms with Crippen molar-refractivity contribution in [2.75, 3.05) is 33.0 Å². The second-order valence-electron chi connectivity index (χ2n) is 12.2. The van der Waals surface area contributed by atoms with Gasteiger partial charge < -0.3 is 24.6 Å². The quantitative estimate of drug-likeness (QED) is 0.0263. The van der Waals surface area contributed by atoms with Gasteiger partial charge in [-0.1, -0.05) is 129 Å². The monoisotopic (exact) mass is 664 g/mol. The van der Waals surface area contributed by atoms with Gasteiger partial charge in [0.1, 0.15) is 12.2 Å². The van der Waals surface area contributed by atoms with Crippen molar-refractivity contribution in [3.8, 4) is 0 Å². The first-order valence-corrected chi connectivity index (χ1v) is 19.7. The van der Waals surface area contributed by atoms with Crippen LogP contribution in [0.2, 0.25) is 0 Å². The molecule has 0 spiro atoms. The largest absolute Gasteiger partial charge is 0.472 e. The number of aliphatic hydroxyl groups excluding tert-OH is 2. The lowest BCUT2D eigenvalue weighted by atomic mass is 10.1. The molecular weight excluding hydrogens is 595 g/mol. The summed E-state index contributed by atoms with van der Waals surface area (Å²) in [4.78, 5) is 22.4. The maximum Gasteiger partial charge on any atom is 0.472 e. The van der Waals surface area contributed by atoms with Crippen LogP contribution in [0, 0.1) is 0 Å². The zero-order valence-electron chi connectivity index (χ0n) is 28.8. The second kappa shape index (κ2) is 33.1. The Bertz CT molecular complexity index is 719. The summed E-state index contributed by atoms with van der Waals surface area (Å²) in [5, 5.41) is 18.2. The summed E-state index contributed by atoms with van der Waals surface area (Å²) in [7, 11) is -4.50. The molecule has 0 heterocycles. The highest BCUT2D eigenvalue weighted by Crippen LogP contribution is 2.43. The lowest BCUT2D eigenvalue weighted by Gasteiger charge is -2.20. The van der Waals surface area contributed by atoms with Crippen molar-refractivity contribution in [1.29, 1.82) is 0 Å². The molecule has 0 aromatic heterocycles. The number of phosphoric ester groups is 1. The fraction of sp³-hybridized carbons (Fsp3) is 0.914. The molecule has 0 rings (SSSR count). The van der Waals surface area contributed by atoms with Gasteiger partial charge in [-0.2, -0.15) is 0 Å². The number of hydrogen-bond acceptors (Lipinski definition) is 8. The minimum Gasteiger partial charge on any atom is -0.457 e. The van der Waals surface area contributed by atoms with E-state index in [0.717, 1.165) is 51.4 Å². The van der Waals surface area contributed by atoms with E-state index in [2.05, 4.69) is 26.0 Å². The molecule has 3 N–H and O–H groups in total. The molecule has 0 aliphatic carbocycles. The van der Waals surface area contributed by atoms with E-state index in [4.69, 9.17) is 23.6 Å². The Balaban J connectivity index is 4.25. The van der Waals surface area contributed by atoms with Gasteiger partial charge in [-0.3, -0.25) is 13.8 Å². The Morgan fingerprint density at radius 2 is 1.13 bits per heavy atom. The van der Waals surface area contributed by atoms with Gasteiger partial charge in [0.2, 0.25) is 0 Å². The smallest absolute Gasteiger partial charge is 0.457 e. The van der Waals surface area contributed by atoms with Crippen molar-refractivity contribution in [2.24, 2.45) is 0 Å². The van der Waals surface area contributed by atoms with E-state index < -0.39 is 39.2 Å². The average molecular weight is 665 g/mol. The van der Waals surface area contributed by atoms with Crippen molar-refractivity contribution in [3.63, 3.8) is 0 Å². The molecule has 3 unspecified atom stereocenters. The first-order valence-electron chi connectivity index (χ1n) is 18.2. The molecule has 10 heteroatoms. The van der Waals surface area contributed by atoms with Crippen molar-refractivity contribution < 1.29 is 43.0 Å². The first-order chi connectivity index (χ1) is 21.8. The van der Waals surface area contributed by atoms with Crippen LogP contribution in [-0.4, -0.2) is 66.3 Å². The highest BCUT2D eigenvalue weighted by atomic mass is 31.2. The summed E-state index contributed by atoms with van der Waals surface area (Å²) in [6.45, 7) is 3.49. The van der Waals surface area contributed by atoms with Gasteiger partial charge in [0.15, 0.2) is 0 Å². The molecule has 268 valence electrons. The van der Waals surface area contributed by atoms with E-state index in [-0.39, 0.29) is 19.6 Å². The van der Waals surface area contributed by atoms with E-state index in [1.165, 1.54) is 89.9 Å². The molecule has 0 radical (unpaired) electrons. The van der Waals surface area contributed by atoms with Crippen LogP contribution < -0.4 is 0 Å². The fourth-order valence-electron chi connectivity index (χ4n) is 4.88. The highest BCUT2D eigenvalue weighted by Gasteiger charge is 2.26. The molecule has 0 aromatic rings. The van der Waals surface area contributed by atoms with Crippen LogP contribution in [0.5, 0.6) is 0 Å². The summed E-state index contributed by atoms with van der Waals surface area (Å²) in [5.74, 6) is -0.391. The molecule has 0 aliphatic rings. The van der Waals surface area contributed by atoms with Gasteiger partial charge in [-0.15, -0.1) is 0 Å². The summed E-state index contributed by atoms with van der Waals surface area (Å²) in [6, 6.07) is 0.